The van der Waals surface area contributed by atoms with E-state index >= 15 is 0 Å². The van der Waals surface area contributed by atoms with Crippen LogP contribution in [0, 0.1) is 11.6 Å². The van der Waals surface area contributed by atoms with Crippen LogP contribution in [0.3, 0.4) is 0 Å². The van der Waals surface area contributed by atoms with Crippen LogP contribution in [0.15, 0.2) is 18.2 Å². The Bertz CT molecular complexity index is 473. The molecule has 1 amide bonds. The van der Waals surface area contributed by atoms with Gasteiger partial charge in [-0.1, -0.05) is 6.07 Å². The summed E-state index contributed by atoms with van der Waals surface area (Å²) in [7, 11) is 0. The molecule has 1 aliphatic heterocycles. The van der Waals surface area contributed by atoms with Crippen LogP contribution in [0.1, 0.15) is 18.4 Å². The lowest BCUT2D eigenvalue weighted by molar-refractivity contribution is -0.119. The molecule has 2 rings (SSSR count). The highest BCUT2D eigenvalue weighted by atomic mass is 19.1. The number of likely N-dealkylation sites (tertiary alicyclic amines) is 1. The van der Waals surface area contributed by atoms with Gasteiger partial charge in [-0.05, 0) is 18.9 Å². The molecule has 1 fully saturated rings. The minimum Gasteiger partial charge on any atom is -0.369 e. The first-order valence-corrected chi connectivity index (χ1v) is 6.72. The van der Waals surface area contributed by atoms with E-state index in [-0.39, 0.29) is 11.9 Å². The van der Waals surface area contributed by atoms with Gasteiger partial charge in [-0.15, -0.1) is 0 Å². The largest absolute Gasteiger partial charge is 0.369 e. The van der Waals surface area contributed by atoms with Crippen LogP contribution in [0.2, 0.25) is 0 Å². The lowest BCUT2D eigenvalue weighted by Gasteiger charge is -2.31. The Balaban J connectivity index is 1.77. The molecule has 0 bridgehead atoms. The van der Waals surface area contributed by atoms with Gasteiger partial charge in [0.05, 0.1) is 6.54 Å². The van der Waals surface area contributed by atoms with Gasteiger partial charge in [0.25, 0.3) is 0 Å². The van der Waals surface area contributed by atoms with Gasteiger partial charge in [0.2, 0.25) is 5.91 Å². The van der Waals surface area contributed by atoms with Crippen molar-refractivity contribution in [3.63, 3.8) is 0 Å². The van der Waals surface area contributed by atoms with E-state index in [1.165, 1.54) is 12.1 Å². The van der Waals surface area contributed by atoms with E-state index in [2.05, 4.69) is 5.32 Å². The third-order valence-corrected chi connectivity index (χ3v) is 3.56. The van der Waals surface area contributed by atoms with Crippen LogP contribution in [0.5, 0.6) is 0 Å². The maximum atomic E-state index is 13.5. The first kappa shape index (κ1) is 14.9. The molecular formula is C14H19F2N3O. The predicted octanol–water partition coefficient (Wildman–Crippen LogP) is 1.00. The van der Waals surface area contributed by atoms with E-state index in [9.17, 15) is 13.6 Å². The molecule has 0 unspecified atom stereocenters. The standard InChI is InChI=1S/C14H19F2N3O/c15-11-2-1-10(13(16)7-11)8-18-12-3-5-19(6-4-12)9-14(17)20/h1-2,7,12,18H,3-6,8-9H2,(H2,17,20). The first-order chi connectivity index (χ1) is 9.54. The van der Waals surface area contributed by atoms with Crippen LogP contribution in [-0.4, -0.2) is 36.5 Å². The van der Waals surface area contributed by atoms with Crippen molar-refractivity contribution in [3.8, 4) is 0 Å². The lowest BCUT2D eigenvalue weighted by Crippen LogP contribution is -2.45. The number of nitrogens with one attached hydrogen (secondary N) is 1. The monoisotopic (exact) mass is 283 g/mol. The normalized spacial score (nSPS) is 17.3. The highest BCUT2D eigenvalue weighted by Gasteiger charge is 2.19. The Morgan fingerprint density at radius 2 is 2.05 bits per heavy atom. The lowest BCUT2D eigenvalue weighted by atomic mass is 10.0. The Morgan fingerprint density at radius 3 is 2.65 bits per heavy atom. The van der Waals surface area contributed by atoms with Gasteiger partial charge >= 0.3 is 0 Å². The first-order valence-electron chi connectivity index (χ1n) is 6.72. The molecule has 0 radical (unpaired) electrons. The van der Waals surface area contributed by atoms with Crippen LogP contribution in [0.25, 0.3) is 0 Å². The van der Waals surface area contributed by atoms with Gasteiger partial charge in [-0.3, -0.25) is 9.69 Å². The molecule has 1 aromatic rings. The van der Waals surface area contributed by atoms with E-state index in [1.54, 1.807) is 0 Å². The van der Waals surface area contributed by atoms with Crippen molar-refractivity contribution < 1.29 is 13.6 Å². The Labute approximate surface area is 116 Å². The highest BCUT2D eigenvalue weighted by molar-refractivity contribution is 5.75. The Kier molecular flexibility index (Phi) is 5.03. The van der Waals surface area contributed by atoms with E-state index in [4.69, 9.17) is 5.73 Å². The molecule has 0 atom stereocenters. The van der Waals surface area contributed by atoms with Gasteiger partial charge in [-0.25, -0.2) is 8.78 Å². The molecular weight excluding hydrogens is 264 g/mol. The molecule has 6 heteroatoms. The van der Waals surface area contributed by atoms with Gasteiger partial charge in [-0.2, -0.15) is 0 Å². The molecule has 4 nitrogen and oxygen atoms in total. The summed E-state index contributed by atoms with van der Waals surface area (Å²) in [4.78, 5) is 12.8. The van der Waals surface area contributed by atoms with E-state index in [0.717, 1.165) is 32.0 Å². The second kappa shape index (κ2) is 6.76. The van der Waals surface area contributed by atoms with Crippen molar-refractivity contribution >= 4 is 5.91 Å². The zero-order chi connectivity index (χ0) is 14.5. The average molecular weight is 283 g/mol. The minimum atomic E-state index is -0.564. The molecule has 0 aromatic heterocycles. The summed E-state index contributed by atoms with van der Waals surface area (Å²) in [6.45, 7) is 2.27. The summed E-state index contributed by atoms with van der Waals surface area (Å²) in [6, 6.07) is 3.89. The number of nitrogens with zero attached hydrogens (tertiary/aromatic N) is 1. The second-order valence-corrected chi connectivity index (χ2v) is 5.13. The molecule has 1 aromatic carbocycles. The fraction of sp³-hybridized carbons (Fsp3) is 0.500. The Hall–Kier alpha value is -1.53. The fourth-order valence-corrected chi connectivity index (χ4v) is 2.43. The third kappa shape index (κ3) is 4.25. The number of nitrogens with two attached hydrogens (primary N) is 1. The summed E-state index contributed by atoms with van der Waals surface area (Å²) >= 11 is 0. The van der Waals surface area contributed by atoms with Crippen molar-refractivity contribution in [2.45, 2.75) is 25.4 Å². The predicted molar refractivity (Wildman–Crippen MR) is 71.9 cm³/mol. The number of carbonyl (C=O) groups excluding carboxylic acids is 1. The van der Waals surface area contributed by atoms with Gasteiger partial charge in [0.15, 0.2) is 0 Å². The summed E-state index contributed by atoms with van der Waals surface area (Å²) in [6.07, 6.45) is 1.77. The number of hydrogen-bond donors (Lipinski definition) is 2. The fourth-order valence-electron chi connectivity index (χ4n) is 2.43. The smallest absolute Gasteiger partial charge is 0.231 e. The van der Waals surface area contributed by atoms with Gasteiger partial charge < -0.3 is 11.1 Å². The zero-order valence-electron chi connectivity index (χ0n) is 11.2. The van der Waals surface area contributed by atoms with E-state index in [0.29, 0.717) is 18.7 Å². The summed E-state index contributed by atoms with van der Waals surface area (Å²) < 4.78 is 26.3. The average Bonchev–Trinajstić information content (AvgIpc) is 2.39. The molecule has 3 N–H and O–H groups in total. The van der Waals surface area contributed by atoms with Gasteiger partial charge in [0, 0.05) is 37.3 Å². The SMILES string of the molecule is NC(=O)CN1CCC(NCc2ccc(F)cc2F)CC1. The maximum Gasteiger partial charge on any atom is 0.231 e. The highest BCUT2D eigenvalue weighted by Crippen LogP contribution is 2.13. The van der Waals surface area contributed by atoms with Crippen molar-refractivity contribution in [3.05, 3.63) is 35.4 Å². The Morgan fingerprint density at radius 1 is 1.35 bits per heavy atom. The van der Waals surface area contributed by atoms with Crippen LogP contribution in [-0.2, 0) is 11.3 Å². The van der Waals surface area contributed by atoms with E-state index < -0.39 is 11.6 Å². The van der Waals surface area contributed by atoms with Crippen molar-refractivity contribution in [1.29, 1.82) is 0 Å². The van der Waals surface area contributed by atoms with Crippen LogP contribution >= 0.6 is 0 Å². The van der Waals surface area contributed by atoms with Crippen LogP contribution in [0.4, 0.5) is 8.78 Å². The van der Waals surface area contributed by atoms with Crippen molar-refractivity contribution in [2.75, 3.05) is 19.6 Å². The molecule has 0 spiro atoms. The number of primary amides is 1. The summed E-state index contributed by atoms with van der Waals surface area (Å²) in [5.74, 6) is -1.40. The quantitative estimate of drug-likeness (QED) is 0.848. The summed E-state index contributed by atoms with van der Waals surface area (Å²) in [5.41, 5.74) is 5.62. The van der Waals surface area contributed by atoms with Crippen molar-refractivity contribution in [2.24, 2.45) is 5.73 Å². The molecule has 1 aliphatic rings. The number of amides is 1. The number of carbonyl (C=O) groups is 1. The number of piperidine rings is 1. The van der Waals surface area contributed by atoms with Crippen molar-refractivity contribution in [1.82, 2.24) is 10.2 Å². The maximum absolute atomic E-state index is 13.5. The summed E-state index contributed by atoms with van der Waals surface area (Å²) in [5, 5.41) is 3.27. The second-order valence-electron chi connectivity index (χ2n) is 5.13. The minimum absolute atomic E-state index is 0.281. The number of benzene rings is 1. The number of hydrogen-bond acceptors (Lipinski definition) is 3. The van der Waals surface area contributed by atoms with Crippen LogP contribution < -0.4 is 11.1 Å². The third-order valence-electron chi connectivity index (χ3n) is 3.56. The number of halogens is 2. The van der Waals surface area contributed by atoms with E-state index in [1.807, 2.05) is 4.90 Å². The topological polar surface area (TPSA) is 58.4 Å². The molecule has 0 saturated carbocycles. The number of rotatable bonds is 5. The molecule has 1 saturated heterocycles. The molecule has 1 heterocycles. The zero-order valence-corrected chi connectivity index (χ0v) is 11.2. The molecule has 0 aliphatic carbocycles. The van der Waals surface area contributed by atoms with Gasteiger partial charge in [0.1, 0.15) is 11.6 Å². The molecule has 110 valence electrons. The molecule has 20 heavy (non-hydrogen) atoms.